The van der Waals surface area contributed by atoms with E-state index in [1.807, 2.05) is 0 Å². The summed E-state index contributed by atoms with van der Waals surface area (Å²) < 4.78 is 0. The van der Waals surface area contributed by atoms with Gasteiger partial charge in [0.05, 0.1) is 25.0 Å². The second kappa shape index (κ2) is 5.69. The number of Topliss-reactive ketones (excluding diaryl/α,β-unsaturated/α-hetero) is 1. The number of nitrogens with two attached hydrogens (primary N) is 1. The Balaban J connectivity index is 1.56. The molecule has 21 heavy (non-hydrogen) atoms. The number of hydrogen-bond donors (Lipinski definition) is 1. The molecule has 0 bridgehead atoms. The van der Waals surface area contributed by atoms with E-state index >= 15 is 0 Å². The molecule has 3 rings (SSSR count). The second-order valence-electron chi connectivity index (χ2n) is 5.52. The zero-order valence-electron chi connectivity index (χ0n) is 11.7. The van der Waals surface area contributed by atoms with Crippen LogP contribution in [-0.2, 0) is 16.8 Å². The molecule has 110 valence electrons. The van der Waals surface area contributed by atoms with Gasteiger partial charge in [-0.15, -0.1) is 0 Å². The summed E-state index contributed by atoms with van der Waals surface area (Å²) in [6.45, 7) is 0.550. The zero-order chi connectivity index (χ0) is 14.7. The Bertz CT molecular complexity index is 593. The first-order valence-corrected chi connectivity index (χ1v) is 7.09. The Hall–Kier alpha value is -2.15. The highest BCUT2D eigenvalue weighted by molar-refractivity contribution is 5.85. The molecule has 0 radical (unpaired) electrons. The average Bonchev–Trinajstić information content (AvgIpc) is 3.11. The fourth-order valence-corrected chi connectivity index (χ4v) is 2.44. The highest BCUT2D eigenvalue weighted by Crippen LogP contribution is 2.49. The van der Waals surface area contributed by atoms with Gasteiger partial charge < -0.3 is 5.73 Å². The Morgan fingerprint density at radius 3 is 2.52 bits per heavy atom. The van der Waals surface area contributed by atoms with Crippen LogP contribution in [0.5, 0.6) is 0 Å². The van der Waals surface area contributed by atoms with Crippen LogP contribution in [0.1, 0.15) is 31.5 Å². The van der Waals surface area contributed by atoms with Gasteiger partial charge in [0, 0.05) is 24.2 Å². The molecular formula is C14H18N6O. The Kier molecular flexibility index (Phi) is 3.74. The van der Waals surface area contributed by atoms with E-state index in [1.165, 1.54) is 0 Å². The lowest BCUT2D eigenvalue weighted by molar-refractivity contribution is -0.121. The smallest absolute Gasteiger partial charge is 0.150 e. The molecule has 1 atom stereocenters. The molecule has 7 heteroatoms. The number of aryl methyl sites for hydroxylation is 1. The summed E-state index contributed by atoms with van der Waals surface area (Å²) in [5.74, 6) is 0.825. The normalized spacial score (nSPS) is 17.4. The van der Waals surface area contributed by atoms with Crippen LogP contribution in [0.15, 0.2) is 30.9 Å². The fourth-order valence-electron chi connectivity index (χ4n) is 2.44. The molecule has 2 N–H and O–H groups in total. The molecule has 1 fully saturated rings. The maximum atomic E-state index is 12.3. The number of aromatic nitrogens is 5. The minimum atomic E-state index is -0.489. The number of carbonyl (C=O) groups is 1. The SMILES string of the molecule is NC(CCn1nccn1)C(=O)CC1(c2ncccn2)CC1. The second-order valence-corrected chi connectivity index (χ2v) is 5.52. The van der Waals surface area contributed by atoms with E-state index in [4.69, 9.17) is 5.73 Å². The summed E-state index contributed by atoms with van der Waals surface area (Å²) in [6, 6.07) is 1.29. The van der Waals surface area contributed by atoms with E-state index in [0.29, 0.717) is 19.4 Å². The quantitative estimate of drug-likeness (QED) is 0.794. The standard InChI is InChI=1S/C14H18N6O/c15-11(2-9-20-18-7-8-19-20)12(21)10-14(3-4-14)13-16-5-1-6-17-13/h1,5-8,11H,2-4,9-10,15H2. The summed E-state index contributed by atoms with van der Waals surface area (Å²) in [6.07, 6.45) is 9.53. The maximum Gasteiger partial charge on any atom is 0.150 e. The maximum absolute atomic E-state index is 12.3. The molecule has 0 spiro atoms. The monoisotopic (exact) mass is 286 g/mol. The third-order valence-electron chi connectivity index (χ3n) is 3.93. The van der Waals surface area contributed by atoms with Gasteiger partial charge in [-0.05, 0) is 25.3 Å². The third kappa shape index (κ3) is 3.13. The summed E-state index contributed by atoms with van der Waals surface area (Å²) >= 11 is 0. The largest absolute Gasteiger partial charge is 0.321 e. The van der Waals surface area contributed by atoms with Crippen LogP contribution < -0.4 is 5.73 Å². The summed E-state index contributed by atoms with van der Waals surface area (Å²) in [7, 11) is 0. The van der Waals surface area contributed by atoms with Gasteiger partial charge in [0.25, 0.3) is 0 Å². The molecule has 1 unspecified atom stereocenters. The van der Waals surface area contributed by atoms with E-state index in [9.17, 15) is 4.79 Å². The molecule has 2 aromatic heterocycles. The molecular weight excluding hydrogens is 268 g/mol. The van der Waals surface area contributed by atoms with Crippen LogP contribution >= 0.6 is 0 Å². The molecule has 2 aromatic rings. The fraction of sp³-hybridized carbons (Fsp3) is 0.500. The van der Waals surface area contributed by atoms with Crippen LogP contribution in [0, 0.1) is 0 Å². The van der Waals surface area contributed by atoms with Crippen molar-refractivity contribution < 1.29 is 4.79 Å². The van der Waals surface area contributed by atoms with Crippen LogP contribution in [0.25, 0.3) is 0 Å². The Morgan fingerprint density at radius 1 is 1.24 bits per heavy atom. The lowest BCUT2D eigenvalue weighted by Gasteiger charge is -2.16. The Morgan fingerprint density at radius 2 is 1.90 bits per heavy atom. The van der Waals surface area contributed by atoms with Crippen molar-refractivity contribution in [3.63, 3.8) is 0 Å². The summed E-state index contributed by atoms with van der Waals surface area (Å²) in [5.41, 5.74) is 5.81. The van der Waals surface area contributed by atoms with E-state index in [0.717, 1.165) is 18.7 Å². The van der Waals surface area contributed by atoms with Gasteiger partial charge in [-0.25, -0.2) is 9.97 Å². The number of nitrogens with zero attached hydrogens (tertiary/aromatic N) is 5. The van der Waals surface area contributed by atoms with E-state index in [-0.39, 0.29) is 11.2 Å². The van der Waals surface area contributed by atoms with Gasteiger partial charge >= 0.3 is 0 Å². The van der Waals surface area contributed by atoms with Gasteiger partial charge in [-0.1, -0.05) is 0 Å². The first-order chi connectivity index (χ1) is 10.2. The van der Waals surface area contributed by atoms with Gasteiger partial charge in [0.15, 0.2) is 5.78 Å². The average molecular weight is 286 g/mol. The first kappa shape index (κ1) is 13.8. The van der Waals surface area contributed by atoms with Crippen LogP contribution in [0.3, 0.4) is 0 Å². The predicted molar refractivity (Wildman–Crippen MR) is 75.2 cm³/mol. The highest BCUT2D eigenvalue weighted by atomic mass is 16.1. The third-order valence-corrected chi connectivity index (χ3v) is 3.93. The molecule has 0 aliphatic heterocycles. The number of carbonyl (C=O) groups excluding carboxylic acids is 1. The van der Waals surface area contributed by atoms with Crippen LogP contribution in [-0.4, -0.2) is 36.8 Å². The van der Waals surface area contributed by atoms with Gasteiger partial charge in [0.2, 0.25) is 0 Å². The van der Waals surface area contributed by atoms with E-state index < -0.39 is 6.04 Å². The molecule has 1 aliphatic carbocycles. The zero-order valence-corrected chi connectivity index (χ0v) is 11.7. The van der Waals surface area contributed by atoms with Crippen molar-refractivity contribution in [2.45, 2.75) is 43.7 Å². The lowest BCUT2D eigenvalue weighted by Crippen LogP contribution is -2.34. The highest BCUT2D eigenvalue weighted by Gasteiger charge is 2.48. The minimum absolute atomic E-state index is 0.0621. The van der Waals surface area contributed by atoms with Crippen molar-refractivity contribution in [1.82, 2.24) is 25.0 Å². The van der Waals surface area contributed by atoms with Crippen molar-refractivity contribution >= 4 is 5.78 Å². The van der Waals surface area contributed by atoms with Crippen LogP contribution in [0.4, 0.5) is 0 Å². The number of hydrogen-bond acceptors (Lipinski definition) is 6. The number of rotatable bonds is 7. The van der Waals surface area contributed by atoms with Crippen LogP contribution in [0.2, 0.25) is 0 Å². The van der Waals surface area contributed by atoms with Crippen molar-refractivity contribution in [2.24, 2.45) is 5.73 Å². The molecule has 7 nitrogen and oxygen atoms in total. The molecule has 1 saturated carbocycles. The molecule has 0 amide bonds. The number of ketones is 1. The molecule has 0 saturated heterocycles. The summed E-state index contributed by atoms with van der Waals surface area (Å²) in [5, 5.41) is 8.00. The summed E-state index contributed by atoms with van der Waals surface area (Å²) in [4.78, 5) is 22.4. The van der Waals surface area contributed by atoms with Gasteiger partial charge in [-0.3, -0.25) is 4.79 Å². The van der Waals surface area contributed by atoms with Gasteiger partial charge in [0.1, 0.15) is 5.82 Å². The van der Waals surface area contributed by atoms with Gasteiger partial charge in [-0.2, -0.15) is 15.0 Å². The minimum Gasteiger partial charge on any atom is -0.321 e. The van der Waals surface area contributed by atoms with E-state index in [2.05, 4.69) is 20.2 Å². The van der Waals surface area contributed by atoms with Crippen molar-refractivity contribution in [3.05, 3.63) is 36.7 Å². The molecule has 1 aliphatic rings. The molecule has 0 aromatic carbocycles. The predicted octanol–water partition coefficient (Wildman–Crippen LogP) is 0.476. The van der Waals surface area contributed by atoms with Crippen molar-refractivity contribution in [3.8, 4) is 0 Å². The van der Waals surface area contributed by atoms with Crippen molar-refractivity contribution in [1.29, 1.82) is 0 Å². The van der Waals surface area contributed by atoms with Crippen molar-refractivity contribution in [2.75, 3.05) is 0 Å². The topological polar surface area (TPSA) is 99.6 Å². The molecule has 2 heterocycles. The first-order valence-electron chi connectivity index (χ1n) is 7.09. The van der Waals surface area contributed by atoms with E-state index in [1.54, 1.807) is 35.7 Å². The lowest BCUT2D eigenvalue weighted by atomic mass is 9.94. The Labute approximate surface area is 122 Å².